The third-order valence-corrected chi connectivity index (χ3v) is 5.53. The van der Waals surface area contributed by atoms with E-state index in [0.717, 1.165) is 0 Å². The molecule has 0 aliphatic rings. The summed E-state index contributed by atoms with van der Waals surface area (Å²) in [7, 11) is 0. The third kappa shape index (κ3) is 9.13. The smallest absolute Gasteiger partial charge is 0.306 e. The molecule has 0 spiro atoms. The number of rotatable bonds is 10. The lowest BCUT2D eigenvalue weighted by Gasteiger charge is -2.09. The van der Waals surface area contributed by atoms with Crippen molar-refractivity contribution >= 4 is 64.0 Å². The Morgan fingerprint density at radius 2 is 1.29 bits per heavy atom. The van der Waals surface area contributed by atoms with Crippen LogP contribution >= 0.6 is 34.8 Å². The van der Waals surface area contributed by atoms with Crippen molar-refractivity contribution in [2.24, 2.45) is 0 Å². The molecule has 0 bridgehead atoms. The number of carbonyl (C=O) groups excluding carboxylic acids is 3. The van der Waals surface area contributed by atoms with E-state index in [-0.39, 0.29) is 25.2 Å². The van der Waals surface area contributed by atoms with Crippen molar-refractivity contribution in [1.29, 1.82) is 0 Å². The molecule has 2 amide bonds. The molecule has 0 saturated carbocycles. The SMILES string of the molecule is O=C(CCCC(=O)OCC(=O)Nc1ccc(Cl)c(Cl)c1)Nc1ccc(Oc2ccc(Cl)cc2)cc1. The number of amides is 2. The Hall–Kier alpha value is -3.26. The van der Waals surface area contributed by atoms with Gasteiger partial charge in [0.15, 0.2) is 6.61 Å². The minimum absolute atomic E-state index is 0.00133. The number of hydrogen-bond donors (Lipinski definition) is 2. The number of halogens is 3. The zero-order chi connectivity index (χ0) is 25.2. The number of nitrogens with one attached hydrogen (secondary N) is 2. The summed E-state index contributed by atoms with van der Waals surface area (Å²) in [4.78, 5) is 35.9. The van der Waals surface area contributed by atoms with E-state index in [1.165, 1.54) is 6.07 Å². The summed E-state index contributed by atoms with van der Waals surface area (Å²) in [6, 6.07) is 18.5. The normalized spacial score (nSPS) is 10.4. The highest BCUT2D eigenvalue weighted by atomic mass is 35.5. The topological polar surface area (TPSA) is 93.7 Å². The molecule has 3 aromatic rings. The molecule has 0 aromatic heterocycles. The number of hydrogen-bond acceptors (Lipinski definition) is 5. The summed E-state index contributed by atoms with van der Waals surface area (Å²) in [5, 5.41) is 6.58. The van der Waals surface area contributed by atoms with Crippen LogP contribution in [0.4, 0.5) is 11.4 Å². The molecule has 3 aromatic carbocycles. The van der Waals surface area contributed by atoms with Crippen molar-refractivity contribution in [2.45, 2.75) is 19.3 Å². The van der Waals surface area contributed by atoms with Gasteiger partial charge in [-0.05, 0) is 73.2 Å². The lowest BCUT2D eigenvalue weighted by Crippen LogP contribution is -2.21. The van der Waals surface area contributed by atoms with Crippen LogP contribution in [-0.4, -0.2) is 24.4 Å². The van der Waals surface area contributed by atoms with Gasteiger partial charge in [0.1, 0.15) is 11.5 Å². The summed E-state index contributed by atoms with van der Waals surface area (Å²) < 4.78 is 10.6. The summed E-state index contributed by atoms with van der Waals surface area (Å²) in [5.41, 5.74) is 1.03. The van der Waals surface area contributed by atoms with E-state index in [1.807, 2.05) is 0 Å². The molecular formula is C25H21Cl3N2O5. The zero-order valence-electron chi connectivity index (χ0n) is 18.4. The first-order valence-corrected chi connectivity index (χ1v) is 11.7. The quantitative estimate of drug-likeness (QED) is 0.281. The van der Waals surface area contributed by atoms with Crippen LogP contribution in [0.1, 0.15) is 19.3 Å². The van der Waals surface area contributed by atoms with Gasteiger partial charge < -0.3 is 20.1 Å². The number of carbonyl (C=O) groups is 3. The van der Waals surface area contributed by atoms with E-state index in [9.17, 15) is 14.4 Å². The van der Waals surface area contributed by atoms with Crippen LogP contribution < -0.4 is 15.4 Å². The van der Waals surface area contributed by atoms with E-state index in [4.69, 9.17) is 44.3 Å². The number of esters is 1. The van der Waals surface area contributed by atoms with E-state index >= 15 is 0 Å². The Morgan fingerprint density at radius 1 is 0.686 bits per heavy atom. The predicted octanol–water partition coefficient (Wildman–Crippen LogP) is 6.73. The highest BCUT2D eigenvalue weighted by molar-refractivity contribution is 6.42. The van der Waals surface area contributed by atoms with Crippen molar-refractivity contribution in [2.75, 3.05) is 17.2 Å². The second kappa shape index (κ2) is 13.0. The summed E-state index contributed by atoms with van der Waals surface area (Å²) >= 11 is 17.6. The second-order valence-electron chi connectivity index (χ2n) is 7.32. The molecule has 35 heavy (non-hydrogen) atoms. The average molecular weight is 536 g/mol. The molecule has 182 valence electrons. The molecule has 0 radical (unpaired) electrons. The molecular weight excluding hydrogens is 515 g/mol. The average Bonchev–Trinajstić information content (AvgIpc) is 2.83. The zero-order valence-corrected chi connectivity index (χ0v) is 20.6. The molecule has 0 heterocycles. The number of anilines is 2. The minimum Gasteiger partial charge on any atom is -0.457 e. The summed E-state index contributed by atoms with van der Waals surface area (Å²) in [6.07, 6.45) is 0.395. The highest BCUT2D eigenvalue weighted by Crippen LogP contribution is 2.25. The monoisotopic (exact) mass is 534 g/mol. The van der Waals surface area contributed by atoms with Crippen LogP contribution in [-0.2, 0) is 19.1 Å². The van der Waals surface area contributed by atoms with Gasteiger partial charge in [0, 0.05) is 29.2 Å². The van der Waals surface area contributed by atoms with Gasteiger partial charge in [-0.3, -0.25) is 14.4 Å². The molecule has 0 aliphatic carbocycles. The van der Waals surface area contributed by atoms with Crippen molar-refractivity contribution in [3.8, 4) is 11.5 Å². The molecule has 3 rings (SSSR count). The molecule has 0 unspecified atom stereocenters. The molecule has 2 N–H and O–H groups in total. The Bertz CT molecular complexity index is 1180. The third-order valence-electron chi connectivity index (χ3n) is 4.54. The Labute approximate surface area is 217 Å². The molecule has 0 aliphatic heterocycles. The van der Waals surface area contributed by atoms with Crippen LogP contribution in [0.5, 0.6) is 11.5 Å². The first-order chi connectivity index (χ1) is 16.8. The maximum Gasteiger partial charge on any atom is 0.306 e. The molecule has 0 atom stereocenters. The van der Waals surface area contributed by atoms with Gasteiger partial charge in [-0.25, -0.2) is 0 Å². The number of ether oxygens (including phenoxy) is 2. The lowest BCUT2D eigenvalue weighted by molar-refractivity contribution is -0.147. The number of benzene rings is 3. The van der Waals surface area contributed by atoms with Gasteiger partial charge in [0.2, 0.25) is 5.91 Å². The Morgan fingerprint density at radius 3 is 1.94 bits per heavy atom. The Kier molecular flexibility index (Phi) is 9.78. The largest absolute Gasteiger partial charge is 0.457 e. The summed E-state index contributed by atoms with van der Waals surface area (Å²) in [6.45, 7) is -0.449. The van der Waals surface area contributed by atoms with Crippen molar-refractivity contribution < 1.29 is 23.9 Å². The van der Waals surface area contributed by atoms with Crippen molar-refractivity contribution in [1.82, 2.24) is 0 Å². The van der Waals surface area contributed by atoms with Crippen LogP contribution in [0.25, 0.3) is 0 Å². The standard InChI is InChI=1S/C25H21Cl3N2O5/c26-16-4-9-19(10-5-16)35-20-11-6-17(7-12-20)29-23(31)2-1-3-25(33)34-15-24(32)30-18-8-13-21(27)22(28)14-18/h4-14H,1-3,15H2,(H,29,31)(H,30,32). The van der Waals surface area contributed by atoms with E-state index in [2.05, 4.69) is 10.6 Å². The van der Waals surface area contributed by atoms with Crippen LogP contribution in [0.15, 0.2) is 66.7 Å². The van der Waals surface area contributed by atoms with Gasteiger partial charge in [-0.15, -0.1) is 0 Å². The van der Waals surface area contributed by atoms with Crippen LogP contribution in [0.2, 0.25) is 15.1 Å². The minimum atomic E-state index is -0.578. The molecule has 7 nitrogen and oxygen atoms in total. The van der Waals surface area contributed by atoms with Crippen LogP contribution in [0, 0.1) is 0 Å². The van der Waals surface area contributed by atoms with Crippen molar-refractivity contribution in [3.05, 3.63) is 81.8 Å². The van der Waals surface area contributed by atoms with Gasteiger partial charge in [0.05, 0.1) is 10.0 Å². The van der Waals surface area contributed by atoms with E-state index in [0.29, 0.717) is 37.9 Å². The fourth-order valence-electron chi connectivity index (χ4n) is 2.85. The molecule has 10 heteroatoms. The van der Waals surface area contributed by atoms with Gasteiger partial charge in [-0.2, -0.15) is 0 Å². The fourth-order valence-corrected chi connectivity index (χ4v) is 3.28. The maximum atomic E-state index is 12.1. The first-order valence-electron chi connectivity index (χ1n) is 10.5. The lowest BCUT2D eigenvalue weighted by atomic mass is 10.2. The maximum absolute atomic E-state index is 12.1. The molecule has 0 fully saturated rings. The fraction of sp³-hybridized carbons (Fsp3) is 0.160. The highest BCUT2D eigenvalue weighted by Gasteiger charge is 2.11. The molecule has 0 saturated heterocycles. The van der Waals surface area contributed by atoms with Gasteiger partial charge in [0.25, 0.3) is 5.91 Å². The van der Waals surface area contributed by atoms with E-state index < -0.39 is 18.5 Å². The Balaban J connectivity index is 1.32. The van der Waals surface area contributed by atoms with Gasteiger partial charge in [-0.1, -0.05) is 34.8 Å². The van der Waals surface area contributed by atoms with Gasteiger partial charge >= 0.3 is 5.97 Å². The van der Waals surface area contributed by atoms with E-state index in [1.54, 1.807) is 60.7 Å². The predicted molar refractivity (Wildman–Crippen MR) is 136 cm³/mol. The second-order valence-corrected chi connectivity index (χ2v) is 8.57. The van der Waals surface area contributed by atoms with Crippen LogP contribution in [0.3, 0.4) is 0 Å². The first kappa shape index (κ1) is 26.3. The van der Waals surface area contributed by atoms with Crippen molar-refractivity contribution in [3.63, 3.8) is 0 Å². The summed E-state index contributed by atoms with van der Waals surface area (Å²) in [5.74, 6) is -0.0912.